The van der Waals surface area contributed by atoms with Crippen LogP contribution in [0.2, 0.25) is 0 Å². The van der Waals surface area contributed by atoms with Gasteiger partial charge in [0.05, 0.1) is 0 Å². The quantitative estimate of drug-likeness (QED) is 0.633. The molecule has 0 aromatic carbocycles. The molecule has 0 heterocycles. The summed E-state index contributed by atoms with van der Waals surface area (Å²) in [6.45, 7) is 12.6. The zero-order valence-corrected chi connectivity index (χ0v) is 9.59. The molecule has 0 fully saturated rings. The Balaban J connectivity index is 0. The first kappa shape index (κ1) is 12.7. The van der Waals surface area contributed by atoms with Gasteiger partial charge in [0, 0.05) is 32.7 Å². The Hall–Kier alpha value is 1.06. The third-order valence-electron chi connectivity index (χ3n) is 1.19. The summed E-state index contributed by atoms with van der Waals surface area (Å²) in [4.78, 5) is 2.17. The van der Waals surface area contributed by atoms with E-state index in [9.17, 15) is 0 Å². The summed E-state index contributed by atoms with van der Waals surface area (Å²) >= 11 is 0. The molecule has 2 heteroatoms. The first-order chi connectivity index (χ1) is 3.72. The molecule has 0 rings (SSSR count). The molecule has 0 unspecified atom stereocenters. The molecule has 0 N–H and O–H groups in total. The predicted molar refractivity (Wildman–Crippen MR) is 36.9 cm³/mol. The molecule has 0 saturated heterocycles. The number of hydrogen-bond acceptors (Lipinski definition) is 1. The molecule has 0 aliphatic heterocycles. The Morgan fingerprint density at radius 1 is 1.11 bits per heavy atom. The predicted octanol–water partition coefficient (Wildman–Crippen LogP) is 2.06. The molecule has 0 aromatic rings. The maximum atomic E-state index is 2.17. The van der Waals surface area contributed by atoms with Crippen molar-refractivity contribution in [1.29, 1.82) is 0 Å². The minimum atomic E-state index is 0. The smallest absolute Gasteiger partial charge is 0 e. The third kappa shape index (κ3) is 5.51. The maximum absolute atomic E-state index is 2.17. The molecule has 0 spiro atoms. The van der Waals surface area contributed by atoms with E-state index in [2.05, 4.69) is 31.8 Å². The van der Waals surface area contributed by atoms with Gasteiger partial charge in [0.1, 0.15) is 0 Å². The molecule has 1 radical (unpaired) electrons. The van der Waals surface area contributed by atoms with Gasteiger partial charge in [-0.3, -0.25) is 0 Å². The Kier molecular flexibility index (Phi) is 10.1. The van der Waals surface area contributed by atoms with Gasteiger partial charge in [-0.2, -0.15) is 13.8 Å². The van der Waals surface area contributed by atoms with E-state index < -0.39 is 0 Å². The molecule has 53 valence electrons. The molecule has 0 amide bonds. The van der Waals surface area contributed by atoms with Gasteiger partial charge >= 0.3 is 0 Å². The fourth-order valence-corrected chi connectivity index (χ4v) is 0.745. The standard InChI is InChI=1S/C7H15N.Y/c1-5-8(6-2)7(3)4;/h5-7H,1-4H3;/q-2;. The van der Waals surface area contributed by atoms with Crippen molar-refractivity contribution in [2.75, 3.05) is 0 Å². The van der Waals surface area contributed by atoms with Crippen LogP contribution in [0.15, 0.2) is 0 Å². The summed E-state index contributed by atoms with van der Waals surface area (Å²) in [5.74, 6) is 0. The number of nitrogens with zero attached hydrogens (tertiary/aromatic N) is 1. The molecule has 0 aromatic heterocycles. The van der Waals surface area contributed by atoms with Crippen molar-refractivity contribution in [2.24, 2.45) is 0 Å². The molecule has 9 heavy (non-hydrogen) atoms. The van der Waals surface area contributed by atoms with Crippen molar-refractivity contribution >= 4 is 0 Å². The first-order valence-electron chi connectivity index (χ1n) is 3.08. The molecular formula is C7H15NY-2. The summed E-state index contributed by atoms with van der Waals surface area (Å²) in [7, 11) is 0. The van der Waals surface area contributed by atoms with Crippen LogP contribution in [-0.2, 0) is 32.7 Å². The fraction of sp³-hybridized carbons (Fsp3) is 0.714. The van der Waals surface area contributed by atoms with Gasteiger partial charge in [-0.05, 0) is 6.04 Å². The van der Waals surface area contributed by atoms with Crippen LogP contribution in [0.3, 0.4) is 0 Å². The van der Waals surface area contributed by atoms with Crippen molar-refractivity contribution in [3.05, 3.63) is 13.1 Å². The summed E-state index contributed by atoms with van der Waals surface area (Å²) in [5, 5.41) is 0. The van der Waals surface area contributed by atoms with Crippen LogP contribution >= 0.6 is 0 Å². The normalized spacial score (nSPS) is 10.0. The molecule has 0 bridgehead atoms. The zero-order valence-electron chi connectivity index (χ0n) is 6.76. The van der Waals surface area contributed by atoms with E-state index >= 15 is 0 Å². The van der Waals surface area contributed by atoms with E-state index in [1.807, 2.05) is 13.8 Å². The fourth-order valence-electron chi connectivity index (χ4n) is 0.745. The Bertz CT molecular complexity index is 50.9. The number of hydrogen-bond donors (Lipinski definition) is 0. The second-order valence-corrected chi connectivity index (χ2v) is 2.06. The van der Waals surface area contributed by atoms with Crippen molar-refractivity contribution in [3.8, 4) is 0 Å². The summed E-state index contributed by atoms with van der Waals surface area (Å²) in [6, 6.07) is 0.602. The third-order valence-corrected chi connectivity index (χ3v) is 1.19. The van der Waals surface area contributed by atoms with Gasteiger partial charge in [-0.25, -0.2) is 0 Å². The molecule has 0 atom stereocenters. The Morgan fingerprint density at radius 3 is 1.44 bits per heavy atom. The van der Waals surface area contributed by atoms with E-state index in [0.717, 1.165) is 0 Å². The molecule has 1 nitrogen and oxygen atoms in total. The van der Waals surface area contributed by atoms with E-state index in [0.29, 0.717) is 6.04 Å². The monoisotopic (exact) mass is 202 g/mol. The van der Waals surface area contributed by atoms with Gasteiger partial charge in [-0.1, -0.05) is 13.8 Å². The van der Waals surface area contributed by atoms with Crippen molar-refractivity contribution in [2.45, 2.75) is 33.7 Å². The topological polar surface area (TPSA) is 3.24 Å². The largest absolute Gasteiger partial charge is 0.603 e. The number of rotatable bonds is 3. The van der Waals surface area contributed by atoms with E-state index in [-0.39, 0.29) is 32.7 Å². The second kappa shape index (κ2) is 7.17. The van der Waals surface area contributed by atoms with Crippen LogP contribution in [0.4, 0.5) is 0 Å². The summed E-state index contributed by atoms with van der Waals surface area (Å²) in [5.41, 5.74) is 0. The van der Waals surface area contributed by atoms with E-state index in [4.69, 9.17) is 0 Å². The minimum absolute atomic E-state index is 0. The Labute approximate surface area is 84.1 Å². The minimum Gasteiger partial charge on any atom is -0.603 e. The van der Waals surface area contributed by atoms with Gasteiger partial charge < -0.3 is 18.0 Å². The van der Waals surface area contributed by atoms with Crippen LogP contribution in [0.1, 0.15) is 27.7 Å². The van der Waals surface area contributed by atoms with Crippen LogP contribution in [-0.4, -0.2) is 10.9 Å². The van der Waals surface area contributed by atoms with Gasteiger partial charge in [0.25, 0.3) is 0 Å². The second-order valence-electron chi connectivity index (χ2n) is 2.06. The molecule has 0 aliphatic carbocycles. The molecular weight excluding hydrogens is 187 g/mol. The molecule has 0 saturated carbocycles. The van der Waals surface area contributed by atoms with Crippen molar-refractivity contribution < 1.29 is 32.7 Å². The average molecular weight is 202 g/mol. The summed E-state index contributed by atoms with van der Waals surface area (Å²) in [6.07, 6.45) is 0. The van der Waals surface area contributed by atoms with E-state index in [1.54, 1.807) is 0 Å². The van der Waals surface area contributed by atoms with Gasteiger partial charge in [-0.15, -0.1) is 0 Å². The van der Waals surface area contributed by atoms with Gasteiger partial charge in [0.15, 0.2) is 0 Å². The average Bonchev–Trinajstić information content (AvgIpc) is 1.69. The van der Waals surface area contributed by atoms with E-state index in [1.165, 1.54) is 0 Å². The molecule has 0 aliphatic rings. The van der Waals surface area contributed by atoms with Gasteiger partial charge in [0.2, 0.25) is 0 Å². The van der Waals surface area contributed by atoms with Crippen molar-refractivity contribution in [3.63, 3.8) is 0 Å². The summed E-state index contributed by atoms with van der Waals surface area (Å²) < 4.78 is 0. The Morgan fingerprint density at radius 2 is 1.44 bits per heavy atom. The maximum Gasteiger partial charge on any atom is 0 e. The van der Waals surface area contributed by atoms with Crippen LogP contribution in [0.5, 0.6) is 0 Å². The zero-order chi connectivity index (χ0) is 6.57. The van der Waals surface area contributed by atoms with Crippen molar-refractivity contribution in [1.82, 2.24) is 4.90 Å². The first-order valence-corrected chi connectivity index (χ1v) is 3.08. The van der Waals surface area contributed by atoms with Crippen LogP contribution < -0.4 is 0 Å². The van der Waals surface area contributed by atoms with Crippen LogP contribution in [0, 0.1) is 13.1 Å². The van der Waals surface area contributed by atoms with Crippen LogP contribution in [0.25, 0.3) is 0 Å². The SMILES string of the molecule is C[CH-]N([CH-]C)C(C)C.[Y].